The standard InChI is InChI=1S/C27H31N5O7S/c1-2-22(24(34)27-31-30-26(39-27)20-9-6-10-28-16-20)29-25(35)21(15-23(33)32-11-13-38-14-12-32)18-40(36,37)17-19-7-4-3-5-8-19/h3-10,16,21-22H,2,11-15,17-18H2,1H3,(H,29,35)/t21?,22-/m0/s1. The molecule has 0 aliphatic carbocycles. The van der Waals surface area contributed by atoms with Crippen LogP contribution in [0.15, 0.2) is 59.3 Å². The highest BCUT2D eigenvalue weighted by atomic mass is 32.2. The highest BCUT2D eigenvalue weighted by Crippen LogP contribution is 2.19. The van der Waals surface area contributed by atoms with Crippen molar-refractivity contribution in [1.29, 1.82) is 0 Å². The highest BCUT2D eigenvalue weighted by molar-refractivity contribution is 7.90. The first-order valence-corrected chi connectivity index (χ1v) is 14.8. The van der Waals surface area contributed by atoms with E-state index in [4.69, 9.17) is 9.15 Å². The van der Waals surface area contributed by atoms with Crippen LogP contribution in [-0.4, -0.2) is 84.2 Å². The third kappa shape index (κ3) is 7.79. The van der Waals surface area contributed by atoms with Gasteiger partial charge in [0.1, 0.15) is 0 Å². The van der Waals surface area contributed by atoms with E-state index in [0.717, 1.165) is 0 Å². The highest BCUT2D eigenvalue weighted by Gasteiger charge is 2.33. The quantitative estimate of drug-likeness (QED) is 0.318. The van der Waals surface area contributed by atoms with Crippen LogP contribution in [0.2, 0.25) is 0 Å². The number of nitrogens with zero attached hydrogens (tertiary/aromatic N) is 4. The van der Waals surface area contributed by atoms with Gasteiger partial charge in [0, 0.05) is 31.9 Å². The number of carbonyl (C=O) groups excluding carboxylic acids is 3. The molecule has 1 N–H and O–H groups in total. The van der Waals surface area contributed by atoms with Crippen molar-refractivity contribution in [3.63, 3.8) is 0 Å². The minimum Gasteiger partial charge on any atom is -0.413 e. The van der Waals surface area contributed by atoms with Crippen LogP contribution in [0.1, 0.15) is 36.0 Å². The Morgan fingerprint density at radius 3 is 2.48 bits per heavy atom. The summed E-state index contributed by atoms with van der Waals surface area (Å²) in [5.41, 5.74) is 1.10. The van der Waals surface area contributed by atoms with Gasteiger partial charge in [0.2, 0.25) is 23.5 Å². The van der Waals surface area contributed by atoms with Crippen molar-refractivity contribution in [1.82, 2.24) is 25.4 Å². The van der Waals surface area contributed by atoms with Gasteiger partial charge in [-0.1, -0.05) is 37.3 Å². The van der Waals surface area contributed by atoms with E-state index in [-0.39, 0.29) is 36.3 Å². The monoisotopic (exact) mass is 569 g/mol. The van der Waals surface area contributed by atoms with Crippen molar-refractivity contribution in [2.24, 2.45) is 5.92 Å². The average molecular weight is 570 g/mol. The van der Waals surface area contributed by atoms with E-state index in [0.29, 0.717) is 37.4 Å². The Labute approximate surface area is 232 Å². The SMILES string of the molecule is CC[C@H](NC(=O)C(CC(=O)N1CCOCC1)CS(=O)(=O)Cc1ccccc1)C(=O)c1nnc(-c2cccnc2)o1. The van der Waals surface area contributed by atoms with Crippen LogP contribution in [-0.2, 0) is 29.9 Å². The molecule has 0 saturated carbocycles. The number of rotatable bonds is 12. The lowest BCUT2D eigenvalue weighted by Crippen LogP contribution is -2.47. The summed E-state index contributed by atoms with van der Waals surface area (Å²) in [7, 11) is -3.79. The molecule has 212 valence electrons. The second kappa shape index (κ2) is 13.4. The lowest BCUT2D eigenvalue weighted by atomic mass is 10.0. The van der Waals surface area contributed by atoms with Crippen LogP contribution in [0.4, 0.5) is 0 Å². The van der Waals surface area contributed by atoms with Gasteiger partial charge in [-0.3, -0.25) is 19.4 Å². The number of hydrogen-bond acceptors (Lipinski definition) is 10. The van der Waals surface area contributed by atoms with Crippen LogP contribution in [0.3, 0.4) is 0 Å². The smallest absolute Gasteiger partial charge is 0.286 e. The van der Waals surface area contributed by atoms with E-state index < -0.39 is 39.2 Å². The molecule has 2 atom stereocenters. The molecule has 1 fully saturated rings. The van der Waals surface area contributed by atoms with E-state index in [1.807, 2.05) is 0 Å². The molecule has 3 heterocycles. The molecule has 2 amide bonds. The Morgan fingerprint density at radius 2 is 1.80 bits per heavy atom. The number of aromatic nitrogens is 3. The zero-order valence-electron chi connectivity index (χ0n) is 22.1. The van der Waals surface area contributed by atoms with Gasteiger partial charge in [0.15, 0.2) is 9.84 Å². The number of sulfone groups is 1. The fraction of sp³-hybridized carbons (Fsp3) is 0.407. The van der Waals surface area contributed by atoms with Gasteiger partial charge in [-0.15, -0.1) is 10.2 Å². The molecule has 2 aromatic heterocycles. The van der Waals surface area contributed by atoms with E-state index in [1.165, 1.54) is 6.20 Å². The van der Waals surface area contributed by atoms with E-state index in [2.05, 4.69) is 20.5 Å². The largest absolute Gasteiger partial charge is 0.413 e. The van der Waals surface area contributed by atoms with Crippen molar-refractivity contribution in [3.8, 4) is 11.5 Å². The third-order valence-electron chi connectivity index (χ3n) is 6.43. The summed E-state index contributed by atoms with van der Waals surface area (Å²) >= 11 is 0. The number of ether oxygens (including phenoxy) is 1. The molecular formula is C27H31N5O7S. The van der Waals surface area contributed by atoms with Crippen molar-refractivity contribution < 1.29 is 32.0 Å². The zero-order chi connectivity index (χ0) is 28.5. The Morgan fingerprint density at radius 1 is 1.05 bits per heavy atom. The maximum Gasteiger partial charge on any atom is 0.286 e. The minimum atomic E-state index is -3.79. The van der Waals surface area contributed by atoms with Gasteiger partial charge in [0.05, 0.1) is 42.2 Å². The fourth-order valence-corrected chi connectivity index (χ4v) is 5.99. The Bertz CT molecular complexity index is 1410. The number of carbonyl (C=O) groups is 3. The summed E-state index contributed by atoms with van der Waals surface area (Å²) in [6, 6.07) is 10.9. The first-order chi connectivity index (χ1) is 19.3. The number of amides is 2. The molecule has 1 aliphatic rings. The fourth-order valence-electron chi connectivity index (χ4n) is 4.29. The van der Waals surface area contributed by atoms with Gasteiger partial charge in [-0.2, -0.15) is 0 Å². The normalized spacial score (nSPS) is 15.3. The van der Waals surface area contributed by atoms with E-state index in [9.17, 15) is 22.8 Å². The molecule has 0 radical (unpaired) electrons. The summed E-state index contributed by atoms with van der Waals surface area (Å²) in [4.78, 5) is 45.1. The number of pyridine rings is 1. The van der Waals surface area contributed by atoms with Gasteiger partial charge >= 0.3 is 0 Å². The predicted octanol–water partition coefficient (Wildman–Crippen LogP) is 1.69. The average Bonchev–Trinajstić information content (AvgIpc) is 3.47. The summed E-state index contributed by atoms with van der Waals surface area (Å²) in [5, 5.41) is 10.3. The third-order valence-corrected chi connectivity index (χ3v) is 8.11. The first-order valence-electron chi connectivity index (χ1n) is 12.9. The zero-order valence-corrected chi connectivity index (χ0v) is 22.9. The number of morpholine rings is 1. The second-order valence-corrected chi connectivity index (χ2v) is 11.5. The molecule has 0 spiro atoms. The Kier molecular flexibility index (Phi) is 9.72. The molecule has 13 heteroatoms. The maximum atomic E-state index is 13.4. The van der Waals surface area contributed by atoms with Crippen LogP contribution in [0.25, 0.3) is 11.5 Å². The van der Waals surface area contributed by atoms with E-state index in [1.54, 1.807) is 60.5 Å². The summed E-state index contributed by atoms with van der Waals surface area (Å²) in [5.74, 6) is -3.94. The topological polar surface area (TPSA) is 162 Å². The number of Topliss-reactive ketones (excluding diaryl/α,β-unsaturated/α-hetero) is 1. The number of nitrogens with one attached hydrogen (secondary N) is 1. The first kappa shape index (κ1) is 29.0. The van der Waals surface area contributed by atoms with Crippen LogP contribution in [0, 0.1) is 5.92 Å². The summed E-state index contributed by atoms with van der Waals surface area (Å²) < 4.78 is 37.0. The number of ketones is 1. The van der Waals surface area contributed by atoms with Gasteiger partial charge in [-0.25, -0.2) is 8.42 Å². The number of hydrogen-bond donors (Lipinski definition) is 1. The van der Waals surface area contributed by atoms with Gasteiger partial charge < -0.3 is 19.4 Å². The molecule has 1 saturated heterocycles. The molecule has 1 aromatic carbocycles. The summed E-state index contributed by atoms with van der Waals surface area (Å²) in [6.45, 7) is 3.13. The molecule has 12 nitrogen and oxygen atoms in total. The van der Waals surface area contributed by atoms with Crippen molar-refractivity contribution >= 4 is 27.4 Å². The van der Waals surface area contributed by atoms with Crippen molar-refractivity contribution in [2.75, 3.05) is 32.1 Å². The molecular weight excluding hydrogens is 538 g/mol. The van der Waals surface area contributed by atoms with Crippen LogP contribution >= 0.6 is 0 Å². The Balaban J connectivity index is 1.49. The van der Waals surface area contributed by atoms with Crippen molar-refractivity contribution in [3.05, 3.63) is 66.3 Å². The predicted molar refractivity (Wildman–Crippen MR) is 144 cm³/mol. The minimum absolute atomic E-state index is 0.0959. The molecule has 0 bridgehead atoms. The molecule has 40 heavy (non-hydrogen) atoms. The second-order valence-electron chi connectivity index (χ2n) is 9.42. The molecule has 3 aromatic rings. The van der Waals surface area contributed by atoms with Gasteiger partial charge in [0.25, 0.3) is 5.89 Å². The summed E-state index contributed by atoms with van der Waals surface area (Å²) in [6.07, 6.45) is 2.94. The van der Waals surface area contributed by atoms with E-state index >= 15 is 0 Å². The Hall–Kier alpha value is -3.97. The lowest BCUT2D eigenvalue weighted by Gasteiger charge is -2.28. The van der Waals surface area contributed by atoms with Crippen LogP contribution < -0.4 is 5.32 Å². The molecule has 1 unspecified atom stereocenters. The lowest BCUT2D eigenvalue weighted by molar-refractivity contribution is -0.139. The van der Waals surface area contributed by atoms with Crippen molar-refractivity contribution in [2.45, 2.75) is 31.6 Å². The number of benzene rings is 1. The molecule has 1 aliphatic heterocycles. The van der Waals surface area contributed by atoms with Crippen LogP contribution in [0.5, 0.6) is 0 Å². The molecule has 4 rings (SSSR count). The maximum absolute atomic E-state index is 13.4. The van der Waals surface area contributed by atoms with Gasteiger partial charge in [-0.05, 0) is 24.1 Å².